The third kappa shape index (κ3) is 3.05. The molecule has 0 fully saturated rings. The fourth-order valence-electron chi connectivity index (χ4n) is 2.80. The van der Waals surface area contributed by atoms with E-state index in [1.165, 1.54) is 10.4 Å². The van der Waals surface area contributed by atoms with Crippen molar-refractivity contribution >= 4 is 34.5 Å². The summed E-state index contributed by atoms with van der Waals surface area (Å²) in [7, 11) is 1.98. The molecular formula is C17H19ClN2OS. The molecule has 116 valence electrons. The molecule has 0 N–H and O–H groups in total. The van der Waals surface area contributed by atoms with Gasteiger partial charge in [-0.2, -0.15) is 0 Å². The van der Waals surface area contributed by atoms with Crippen LogP contribution < -0.4 is 4.90 Å². The third-order valence-corrected chi connectivity index (χ3v) is 5.42. The highest BCUT2D eigenvalue weighted by atomic mass is 35.5. The standard InChI is InChI=1S/C17H19ClN2OS/c1-12(19(2)11-14-7-8-16(18)22-14)17(21)20-10-9-13-5-3-4-6-15(13)20/h3-8,12H,9-11H2,1-2H3/t12-/m0/s1. The average Bonchev–Trinajstić information content (AvgIpc) is 3.12. The molecule has 2 aromatic rings. The van der Waals surface area contributed by atoms with Crippen LogP contribution in [0.25, 0.3) is 0 Å². The number of carbonyl (C=O) groups is 1. The van der Waals surface area contributed by atoms with E-state index in [4.69, 9.17) is 11.6 Å². The Hall–Kier alpha value is -1.36. The molecule has 3 nitrogen and oxygen atoms in total. The summed E-state index contributed by atoms with van der Waals surface area (Å²) in [6, 6.07) is 11.9. The second-order valence-electron chi connectivity index (χ2n) is 5.67. The minimum atomic E-state index is -0.160. The molecule has 0 aliphatic carbocycles. The summed E-state index contributed by atoms with van der Waals surface area (Å²) in [6.45, 7) is 3.49. The van der Waals surface area contributed by atoms with Crippen molar-refractivity contribution in [3.05, 3.63) is 51.2 Å². The predicted octanol–water partition coefficient (Wildman–Crippen LogP) is 3.81. The monoisotopic (exact) mass is 334 g/mol. The number of fused-ring (bicyclic) bond motifs is 1. The Morgan fingerprint density at radius 1 is 1.36 bits per heavy atom. The van der Waals surface area contributed by atoms with E-state index in [0.29, 0.717) is 0 Å². The first-order valence-corrected chi connectivity index (χ1v) is 8.59. The summed E-state index contributed by atoms with van der Waals surface area (Å²) in [5, 5.41) is 0. The molecular weight excluding hydrogens is 316 g/mol. The number of para-hydroxylation sites is 1. The van der Waals surface area contributed by atoms with Crippen molar-refractivity contribution in [3.63, 3.8) is 0 Å². The Morgan fingerprint density at radius 2 is 2.14 bits per heavy atom. The Balaban J connectivity index is 1.69. The molecule has 3 rings (SSSR count). The summed E-state index contributed by atoms with van der Waals surface area (Å²) in [6.07, 6.45) is 0.943. The maximum atomic E-state index is 12.8. The van der Waals surface area contributed by atoms with E-state index in [9.17, 15) is 4.79 Å². The first-order valence-electron chi connectivity index (χ1n) is 7.40. The fourth-order valence-corrected chi connectivity index (χ4v) is 3.95. The first-order chi connectivity index (χ1) is 10.6. The average molecular weight is 335 g/mol. The van der Waals surface area contributed by atoms with Crippen molar-refractivity contribution in [1.29, 1.82) is 0 Å². The van der Waals surface area contributed by atoms with Crippen molar-refractivity contribution in [3.8, 4) is 0 Å². The van der Waals surface area contributed by atoms with Crippen LogP contribution in [0.3, 0.4) is 0 Å². The number of carbonyl (C=O) groups excluding carboxylic acids is 1. The van der Waals surface area contributed by atoms with Gasteiger partial charge in [0.15, 0.2) is 0 Å². The van der Waals surface area contributed by atoms with Crippen LogP contribution in [0.4, 0.5) is 5.69 Å². The summed E-state index contributed by atoms with van der Waals surface area (Å²) in [4.78, 5) is 18.0. The molecule has 5 heteroatoms. The Labute approximate surface area is 140 Å². The van der Waals surface area contributed by atoms with E-state index < -0.39 is 0 Å². The zero-order valence-corrected chi connectivity index (χ0v) is 14.3. The number of nitrogens with zero attached hydrogens (tertiary/aromatic N) is 2. The number of halogens is 1. The van der Waals surface area contributed by atoms with Gasteiger partial charge in [-0.05, 0) is 44.2 Å². The van der Waals surface area contributed by atoms with Gasteiger partial charge < -0.3 is 4.90 Å². The zero-order chi connectivity index (χ0) is 15.7. The number of hydrogen-bond acceptors (Lipinski definition) is 3. The van der Waals surface area contributed by atoms with E-state index in [2.05, 4.69) is 11.0 Å². The normalized spacial score (nSPS) is 15.2. The number of likely N-dealkylation sites (N-methyl/N-ethyl adjacent to an activating group) is 1. The van der Waals surface area contributed by atoms with Gasteiger partial charge in [0.2, 0.25) is 5.91 Å². The largest absolute Gasteiger partial charge is 0.310 e. The van der Waals surface area contributed by atoms with Crippen LogP contribution in [-0.4, -0.2) is 30.4 Å². The molecule has 1 atom stereocenters. The Bertz CT molecular complexity index is 685. The first kappa shape index (κ1) is 15.5. The molecule has 1 aromatic heterocycles. The van der Waals surface area contributed by atoms with E-state index in [1.54, 1.807) is 11.3 Å². The zero-order valence-electron chi connectivity index (χ0n) is 12.8. The lowest BCUT2D eigenvalue weighted by Gasteiger charge is -2.28. The minimum Gasteiger partial charge on any atom is -0.310 e. The van der Waals surface area contributed by atoms with Crippen molar-refractivity contribution in [2.45, 2.75) is 25.9 Å². The molecule has 0 unspecified atom stereocenters. The van der Waals surface area contributed by atoms with Crippen LogP contribution in [-0.2, 0) is 17.8 Å². The van der Waals surface area contributed by atoms with Gasteiger partial charge in [-0.15, -0.1) is 11.3 Å². The van der Waals surface area contributed by atoms with E-state index in [-0.39, 0.29) is 11.9 Å². The van der Waals surface area contributed by atoms with E-state index in [1.807, 2.05) is 49.2 Å². The number of thiophene rings is 1. The number of benzene rings is 1. The van der Waals surface area contributed by atoms with Crippen LogP contribution in [0.1, 0.15) is 17.4 Å². The lowest BCUT2D eigenvalue weighted by atomic mass is 10.2. The molecule has 1 aromatic carbocycles. The number of anilines is 1. The molecule has 0 bridgehead atoms. The number of hydrogen-bond donors (Lipinski definition) is 0. The highest BCUT2D eigenvalue weighted by Crippen LogP contribution is 2.29. The summed E-state index contributed by atoms with van der Waals surface area (Å²) < 4.78 is 0.788. The second-order valence-corrected chi connectivity index (χ2v) is 7.47. The van der Waals surface area contributed by atoms with Gasteiger partial charge in [-0.3, -0.25) is 9.69 Å². The number of amides is 1. The van der Waals surface area contributed by atoms with Gasteiger partial charge in [0, 0.05) is 23.7 Å². The van der Waals surface area contributed by atoms with Gasteiger partial charge in [-0.25, -0.2) is 0 Å². The SMILES string of the molecule is C[C@@H](C(=O)N1CCc2ccccc21)N(C)Cc1ccc(Cl)s1. The Kier molecular flexibility index (Phi) is 4.52. The van der Waals surface area contributed by atoms with Gasteiger partial charge in [0.05, 0.1) is 10.4 Å². The summed E-state index contributed by atoms with van der Waals surface area (Å²) in [5.74, 6) is 0.162. The molecule has 2 heterocycles. The lowest BCUT2D eigenvalue weighted by molar-refractivity contribution is -0.122. The smallest absolute Gasteiger partial charge is 0.244 e. The van der Waals surface area contributed by atoms with Crippen LogP contribution in [0.15, 0.2) is 36.4 Å². The molecule has 0 radical (unpaired) electrons. The molecule has 0 spiro atoms. The summed E-state index contributed by atoms with van der Waals surface area (Å²) >= 11 is 7.54. The van der Waals surface area contributed by atoms with Crippen molar-refractivity contribution in [1.82, 2.24) is 4.90 Å². The highest BCUT2D eigenvalue weighted by molar-refractivity contribution is 7.16. The molecule has 1 aliphatic rings. The third-order valence-electron chi connectivity index (χ3n) is 4.21. The van der Waals surface area contributed by atoms with Crippen molar-refractivity contribution in [2.75, 3.05) is 18.5 Å². The maximum Gasteiger partial charge on any atom is 0.244 e. The van der Waals surface area contributed by atoms with Crippen LogP contribution in [0.5, 0.6) is 0 Å². The highest BCUT2D eigenvalue weighted by Gasteiger charge is 2.29. The topological polar surface area (TPSA) is 23.6 Å². The fraction of sp³-hybridized carbons (Fsp3) is 0.353. The second kappa shape index (κ2) is 6.41. The molecule has 1 amide bonds. The van der Waals surface area contributed by atoms with Gasteiger partial charge in [0.25, 0.3) is 0 Å². The van der Waals surface area contributed by atoms with E-state index in [0.717, 1.165) is 29.5 Å². The molecule has 0 saturated carbocycles. The molecule has 22 heavy (non-hydrogen) atoms. The van der Waals surface area contributed by atoms with Crippen LogP contribution in [0, 0.1) is 0 Å². The minimum absolute atomic E-state index is 0.160. The van der Waals surface area contributed by atoms with Crippen LogP contribution in [0.2, 0.25) is 4.34 Å². The maximum absolute atomic E-state index is 12.8. The Morgan fingerprint density at radius 3 is 2.86 bits per heavy atom. The quantitative estimate of drug-likeness (QED) is 0.848. The van der Waals surface area contributed by atoms with E-state index >= 15 is 0 Å². The van der Waals surface area contributed by atoms with Gasteiger partial charge >= 0.3 is 0 Å². The molecule has 1 aliphatic heterocycles. The lowest BCUT2D eigenvalue weighted by Crippen LogP contribution is -2.44. The van der Waals surface area contributed by atoms with Crippen molar-refractivity contribution < 1.29 is 4.79 Å². The van der Waals surface area contributed by atoms with Crippen molar-refractivity contribution in [2.24, 2.45) is 0 Å². The van der Waals surface area contributed by atoms with Crippen LogP contribution >= 0.6 is 22.9 Å². The number of rotatable bonds is 4. The molecule has 0 saturated heterocycles. The van der Waals surface area contributed by atoms with Gasteiger partial charge in [-0.1, -0.05) is 29.8 Å². The van der Waals surface area contributed by atoms with Gasteiger partial charge in [0.1, 0.15) is 0 Å². The predicted molar refractivity (Wildman–Crippen MR) is 92.8 cm³/mol. The summed E-state index contributed by atoms with van der Waals surface area (Å²) in [5.41, 5.74) is 2.32.